The first kappa shape index (κ1) is 12.0. The quantitative estimate of drug-likeness (QED) is 0.806. The van der Waals surface area contributed by atoms with Gasteiger partial charge in [-0.25, -0.2) is 9.78 Å². The molecule has 92 valence electrons. The lowest BCUT2D eigenvalue weighted by Gasteiger charge is -2.20. The Bertz CT molecular complexity index is 446. The van der Waals surface area contributed by atoms with Crippen molar-refractivity contribution in [1.29, 1.82) is 0 Å². The van der Waals surface area contributed by atoms with E-state index in [-0.39, 0.29) is 17.0 Å². The number of primary amides is 1. The number of rotatable bonds is 4. The average molecular weight is 255 g/mol. The van der Waals surface area contributed by atoms with Crippen LogP contribution in [0.5, 0.6) is 0 Å². The van der Waals surface area contributed by atoms with Gasteiger partial charge in [-0.15, -0.1) is 11.3 Å². The van der Waals surface area contributed by atoms with Gasteiger partial charge in [0.05, 0.1) is 11.7 Å². The molecule has 1 fully saturated rings. The highest BCUT2D eigenvalue weighted by atomic mass is 32.1. The van der Waals surface area contributed by atoms with Crippen molar-refractivity contribution in [3.05, 3.63) is 16.1 Å². The largest absolute Gasteiger partial charge is 0.476 e. The van der Waals surface area contributed by atoms with Gasteiger partial charge in [-0.2, -0.15) is 0 Å². The highest BCUT2D eigenvalue weighted by Gasteiger charge is 2.29. The maximum Gasteiger partial charge on any atom is 0.365 e. The number of hydrogen-bond acceptors (Lipinski definition) is 5. The number of amides is 1. The molecule has 1 unspecified atom stereocenters. The molecule has 1 aliphatic rings. The number of hydrogen-bond donors (Lipinski definition) is 2. The molecule has 2 rings (SSSR count). The first-order valence-electron chi connectivity index (χ1n) is 5.29. The second-order valence-electron chi connectivity index (χ2n) is 3.98. The maximum atomic E-state index is 11.2. The van der Waals surface area contributed by atoms with E-state index in [0.717, 1.165) is 30.7 Å². The fourth-order valence-corrected chi connectivity index (χ4v) is 2.67. The first-order chi connectivity index (χ1) is 8.08. The van der Waals surface area contributed by atoms with Crippen molar-refractivity contribution in [2.24, 2.45) is 5.73 Å². The summed E-state index contributed by atoms with van der Waals surface area (Å²) in [5.74, 6) is -1.34. The van der Waals surface area contributed by atoms with Crippen LogP contribution in [0.25, 0.3) is 0 Å². The van der Waals surface area contributed by atoms with Crippen LogP contribution < -0.4 is 5.73 Å². The lowest BCUT2D eigenvalue weighted by Crippen LogP contribution is -2.39. The summed E-state index contributed by atoms with van der Waals surface area (Å²) < 4.78 is 0. The van der Waals surface area contributed by atoms with Gasteiger partial charge in [0, 0.05) is 11.9 Å². The molecule has 0 aromatic carbocycles. The minimum Gasteiger partial charge on any atom is -0.476 e. The Kier molecular flexibility index (Phi) is 3.39. The summed E-state index contributed by atoms with van der Waals surface area (Å²) in [6.07, 6.45) is 1.70. The Morgan fingerprint density at radius 1 is 1.65 bits per heavy atom. The molecule has 1 saturated heterocycles. The van der Waals surface area contributed by atoms with Gasteiger partial charge >= 0.3 is 5.97 Å². The van der Waals surface area contributed by atoms with E-state index in [1.54, 1.807) is 5.38 Å². The smallest absolute Gasteiger partial charge is 0.365 e. The minimum absolute atomic E-state index is 0.0785. The first-order valence-corrected chi connectivity index (χ1v) is 6.17. The van der Waals surface area contributed by atoms with E-state index >= 15 is 0 Å². The Morgan fingerprint density at radius 2 is 2.41 bits per heavy atom. The summed E-state index contributed by atoms with van der Waals surface area (Å²) in [4.78, 5) is 27.8. The van der Waals surface area contributed by atoms with Crippen LogP contribution in [0.2, 0.25) is 0 Å². The summed E-state index contributed by atoms with van der Waals surface area (Å²) in [6, 6.07) is -0.245. The van der Waals surface area contributed by atoms with Gasteiger partial charge < -0.3 is 10.8 Å². The number of likely N-dealkylation sites (tertiary alicyclic amines) is 1. The summed E-state index contributed by atoms with van der Waals surface area (Å²) in [5, 5.41) is 10.5. The number of aromatic carboxylic acids is 1. The lowest BCUT2D eigenvalue weighted by molar-refractivity contribution is -0.122. The summed E-state index contributed by atoms with van der Waals surface area (Å²) >= 11 is 1.10. The molecule has 17 heavy (non-hydrogen) atoms. The second-order valence-corrected chi connectivity index (χ2v) is 4.84. The fraction of sp³-hybridized carbons (Fsp3) is 0.500. The van der Waals surface area contributed by atoms with Crippen LogP contribution >= 0.6 is 11.3 Å². The average Bonchev–Trinajstić information content (AvgIpc) is 2.86. The molecule has 0 bridgehead atoms. The third-order valence-electron chi connectivity index (χ3n) is 2.79. The van der Waals surface area contributed by atoms with Gasteiger partial charge in [-0.3, -0.25) is 9.69 Å². The zero-order valence-corrected chi connectivity index (χ0v) is 9.94. The molecule has 3 N–H and O–H groups in total. The van der Waals surface area contributed by atoms with Crippen LogP contribution in [0, 0.1) is 0 Å². The molecular formula is C10H13N3O3S. The van der Waals surface area contributed by atoms with Gasteiger partial charge in [0.1, 0.15) is 0 Å². The minimum atomic E-state index is -1.02. The summed E-state index contributed by atoms with van der Waals surface area (Å²) in [7, 11) is 0. The van der Waals surface area contributed by atoms with Crippen LogP contribution in [0.4, 0.5) is 0 Å². The molecular weight excluding hydrogens is 242 g/mol. The van der Waals surface area contributed by atoms with Crippen molar-refractivity contribution >= 4 is 23.2 Å². The summed E-state index contributed by atoms with van der Waals surface area (Å²) in [6.45, 7) is 1.28. The molecule has 1 aliphatic heterocycles. The molecule has 1 amide bonds. The number of thiazole rings is 1. The number of carbonyl (C=O) groups excluding carboxylic acids is 1. The molecule has 1 aromatic heterocycles. The van der Waals surface area contributed by atoms with E-state index in [1.165, 1.54) is 0 Å². The van der Waals surface area contributed by atoms with E-state index in [0.29, 0.717) is 12.2 Å². The molecule has 2 heterocycles. The number of carboxylic acids is 1. The molecule has 1 atom stereocenters. The third-order valence-corrected chi connectivity index (χ3v) is 3.67. The topological polar surface area (TPSA) is 96.5 Å². The van der Waals surface area contributed by atoms with Gasteiger partial charge in [-0.1, -0.05) is 0 Å². The van der Waals surface area contributed by atoms with E-state index < -0.39 is 5.97 Å². The molecule has 0 radical (unpaired) electrons. The molecule has 6 nitrogen and oxygen atoms in total. The van der Waals surface area contributed by atoms with E-state index in [1.807, 2.05) is 4.90 Å². The molecule has 1 aromatic rings. The van der Waals surface area contributed by atoms with E-state index in [9.17, 15) is 9.59 Å². The SMILES string of the molecule is NC(=O)C1CCCN1Cc1csc(C(=O)O)n1. The van der Waals surface area contributed by atoms with Crippen LogP contribution in [0.1, 0.15) is 28.3 Å². The van der Waals surface area contributed by atoms with Gasteiger partial charge in [0.2, 0.25) is 10.9 Å². The van der Waals surface area contributed by atoms with Crippen molar-refractivity contribution in [2.45, 2.75) is 25.4 Å². The molecule has 0 aliphatic carbocycles. The van der Waals surface area contributed by atoms with Crippen LogP contribution in [0.3, 0.4) is 0 Å². The van der Waals surface area contributed by atoms with Crippen LogP contribution in [-0.2, 0) is 11.3 Å². The number of nitrogens with two attached hydrogens (primary N) is 1. The van der Waals surface area contributed by atoms with Crippen molar-refractivity contribution < 1.29 is 14.7 Å². The second kappa shape index (κ2) is 4.80. The predicted octanol–water partition coefficient (Wildman–Crippen LogP) is 0.291. The Balaban J connectivity index is 2.04. The van der Waals surface area contributed by atoms with E-state index in [4.69, 9.17) is 10.8 Å². The van der Waals surface area contributed by atoms with Gasteiger partial charge in [0.15, 0.2) is 0 Å². The predicted molar refractivity (Wildman–Crippen MR) is 61.7 cm³/mol. The number of aromatic nitrogens is 1. The highest BCUT2D eigenvalue weighted by Crippen LogP contribution is 2.20. The monoisotopic (exact) mass is 255 g/mol. The maximum absolute atomic E-state index is 11.2. The number of nitrogens with zero attached hydrogens (tertiary/aromatic N) is 2. The number of carboxylic acid groups (broad SMARTS) is 1. The molecule has 0 spiro atoms. The zero-order valence-electron chi connectivity index (χ0n) is 9.13. The standard InChI is InChI=1S/C10H13N3O3S/c11-8(14)7-2-1-3-13(7)4-6-5-17-9(12-6)10(15)16/h5,7H,1-4H2,(H2,11,14)(H,15,16). The van der Waals surface area contributed by atoms with Crippen LogP contribution in [0.15, 0.2) is 5.38 Å². The number of carbonyl (C=O) groups is 2. The molecule has 7 heteroatoms. The molecule has 0 saturated carbocycles. The summed E-state index contributed by atoms with van der Waals surface area (Å²) in [5.41, 5.74) is 5.98. The lowest BCUT2D eigenvalue weighted by atomic mass is 10.2. The normalized spacial score (nSPS) is 20.6. The van der Waals surface area contributed by atoms with Crippen molar-refractivity contribution in [3.8, 4) is 0 Å². The third kappa shape index (κ3) is 2.62. The van der Waals surface area contributed by atoms with E-state index in [2.05, 4.69) is 4.98 Å². The highest BCUT2D eigenvalue weighted by molar-refractivity contribution is 7.11. The van der Waals surface area contributed by atoms with Crippen molar-refractivity contribution in [2.75, 3.05) is 6.54 Å². The van der Waals surface area contributed by atoms with Gasteiger partial charge in [0.25, 0.3) is 0 Å². The fourth-order valence-electron chi connectivity index (χ4n) is 2.02. The van der Waals surface area contributed by atoms with Crippen LogP contribution in [-0.4, -0.2) is 39.5 Å². The van der Waals surface area contributed by atoms with Crippen molar-refractivity contribution in [3.63, 3.8) is 0 Å². The Morgan fingerprint density at radius 3 is 3.00 bits per heavy atom. The Labute approximate surface area is 102 Å². The zero-order chi connectivity index (χ0) is 12.4. The van der Waals surface area contributed by atoms with Gasteiger partial charge in [-0.05, 0) is 19.4 Å². The van der Waals surface area contributed by atoms with Crippen molar-refractivity contribution in [1.82, 2.24) is 9.88 Å². The Hall–Kier alpha value is -1.47.